The number of ether oxygens (including phenoxy) is 1. The molecule has 8 nitrogen and oxygen atoms in total. The molecular formula is C24H33ClN6O2Si. The van der Waals surface area contributed by atoms with E-state index in [-0.39, 0.29) is 11.6 Å². The standard InChI is InChI=1S/C24H33ClN6O2Si/c1-30-9-11-31(12-10-30)18-7-5-17(6-8-18)24(33-13-14-34(2,3)4)27-23(32)22-19-15-21(25)26-16-20(19)28-29-22/h5-8,15,24H,9-14,16H2,1-4H3,(H,27,32). The molecule has 1 amide bonds. The van der Waals surface area contributed by atoms with Crippen molar-refractivity contribution in [2.75, 3.05) is 51.3 Å². The molecule has 0 aromatic heterocycles. The number of halogens is 1. The van der Waals surface area contributed by atoms with Gasteiger partial charge in [-0.25, -0.2) is 0 Å². The van der Waals surface area contributed by atoms with Crippen molar-refractivity contribution in [1.29, 1.82) is 0 Å². The third kappa shape index (κ3) is 6.21. The predicted molar refractivity (Wildman–Crippen MR) is 142 cm³/mol. The number of aliphatic imine (C=N–C) groups is 1. The van der Waals surface area contributed by atoms with Crippen LogP contribution in [0.15, 0.2) is 51.1 Å². The van der Waals surface area contributed by atoms with Crippen LogP contribution in [-0.2, 0) is 9.53 Å². The van der Waals surface area contributed by atoms with Crippen molar-refractivity contribution in [3.05, 3.63) is 41.5 Å². The summed E-state index contributed by atoms with van der Waals surface area (Å²) in [6, 6.07) is 9.29. The minimum absolute atomic E-state index is 0.246. The van der Waals surface area contributed by atoms with Gasteiger partial charge in [0.1, 0.15) is 5.17 Å². The molecule has 0 spiro atoms. The Morgan fingerprint density at radius 3 is 2.53 bits per heavy atom. The number of nitrogens with one attached hydrogen (secondary N) is 1. The number of hydrogen-bond donors (Lipinski definition) is 1. The number of rotatable bonds is 8. The van der Waals surface area contributed by atoms with Gasteiger partial charge in [-0.05, 0) is 31.3 Å². The van der Waals surface area contributed by atoms with Crippen LogP contribution in [-0.4, -0.2) is 81.9 Å². The van der Waals surface area contributed by atoms with Gasteiger partial charge in [0.25, 0.3) is 5.91 Å². The molecule has 0 saturated carbocycles. The second-order valence-corrected chi connectivity index (χ2v) is 16.1. The Hall–Kier alpha value is -2.33. The number of carbonyl (C=O) groups excluding carboxylic acids is 1. The third-order valence-corrected chi connectivity index (χ3v) is 8.09. The smallest absolute Gasteiger partial charge is 0.274 e. The normalized spacial score (nSPS) is 19.6. The maximum atomic E-state index is 13.2. The van der Waals surface area contributed by atoms with E-state index in [1.807, 2.05) is 12.1 Å². The molecule has 1 N–H and O–H groups in total. The molecular weight excluding hydrogens is 468 g/mol. The summed E-state index contributed by atoms with van der Waals surface area (Å²) in [6.45, 7) is 11.9. The van der Waals surface area contributed by atoms with Gasteiger partial charge in [-0.1, -0.05) is 43.4 Å². The Balaban J connectivity index is 1.48. The fourth-order valence-electron chi connectivity index (χ4n) is 3.92. The first-order valence-electron chi connectivity index (χ1n) is 11.7. The van der Waals surface area contributed by atoms with Crippen molar-refractivity contribution in [2.45, 2.75) is 31.9 Å². The molecule has 3 aliphatic rings. The fourth-order valence-corrected chi connectivity index (χ4v) is 4.82. The maximum absolute atomic E-state index is 13.2. The quantitative estimate of drug-likeness (QED) is 0.438. The molecule has 1 aromatic rings. The van der Waals surface area contributed by atoms with Crippen LogP contribution < -0.4 is 10.2 Å². The Morgan fingerprint density at radius 1 is 1.15 bits per heavy atom. The van der Waals surface area contributed by atoms with E-state index in [1.54, 1.807) is 6.08 Å². The summed E-state index contributed by atoms with van der Waals surface area (Å²) in [6.07, 6.45) is 1.06. The molecule has 4 rings (SSSR count). The predicted octanol–water partition coefficient (Wildman–Crippen LogP) is 3.30. The molecule has 3 aliphatic heterocycles. The van der Waals surface area contributed by atoms with E-state index < -0.39 is 14.3 Å². The van der Waals surface area contributed by atoms with Gasteiger partial charge in [-0.15, -0.1) is 5.10 Å². The molecule has 1 fully saturated rings. The molecule has 34 heavy (non-hydrogen) atoms. The number of likely N-dealkylation sites (N-methyl/N-ethyl adjacent to an activating group) is 1. The van der Waals surface area contributed by atoms with Gasteiger partial charge in [0, 0.05) is 57.7 Å². The zero-order valence-corrected chi connectivity index (χ0v) is 22.1. The van der Waals surface area contributed by atoms with E-state index in [2.05, 4.69) is 69.1 Å². The van der Waals surface area contributed by atoms with Gasteiger partial charge in [0.2, 0.25) is 0 Å². The number of piperazine rings is 1. The number of benzene rings is 1. The zero-order chi connectivity index (χ0) is 24.3. The van der Waals surface area contributed by atoms with Crippen molar-refractivity contribution in [1.82, 2.24) is 10.2 Å². The Labute approximate surface area is 207 Å². The summed E-state index contributed by atoms with van der Waals surface area (Å²) in [4.78, 5) is 22.0. The maximum Gasteiger partial charge on any atom is 0.274 e. The van der Waals surface area contributed by atoms with Crippen LogP contribution in [0.4, 0.5) is 5.69 Å². The number of dihydropyridines is 1. The van der Waals surface area contributed by atoms with Crippen molar-refractivity contribution in [2.24, 2.45) is 15.2 Å². The highest BCUT2D eigenvalue weighted by molar-refractivity contribution is 6.76. The molecule has 3 heterocycles. The summed E-state index contributed by atoms with van der Waals surface area (Å²) in [7, 11) is 0.865. The lowest BCUT2D eigenvalue weighted by Crippen LogP contribution is -2.44. The number of anilines is 1. The van der Waals surface area contributed by atoms with E-state index in [9.17, 15) is 4.79 Å². The minimum Gasteiger partial charge on any atom is -0.369 e. The second kappa shape index (κ2) is 10.5. The summed E-state index contributed by atoms with van der Waals surface area (Å²) in [5, 5.41) is 11.6. The van der Waals surface area contributed by atoms with E-state index in [0.717, 1.165) is 37.8 Å². The van der Waals surface area contributed by atoms with E-state index in [1.165, 1.54) is 5.69 Å². The number of nitrogens with zero attached hydrogens (tertiary/aromatic N) is 5. The molecule has 10 heteroatoms. The fraction of sp³-hybridized carbons (Fsp3) is 0.500. The van der Waals surface area contributed by atoms with Crippen LogP contribution in [0.25, 0.3) is 0 Å². The molecule has 0 aliphatic carbocycles. The molecule has 1 saturated heterocycles. The zero-order valence-electron chi connectivity index (χ0n) is 20.3. The number of hydrogen-bond acceptors (Lipinski definition) is 7. The average molecular weight is 501 g/mol. The lowest BCUT2D eigenvalue weighted by molar-refractivity contribution is -0.119. The van der Waals surface area contributed by atoms with Gasteiger partial charge in [0.05, 0.1) is 12.3 Å². The number of allylic oxidation sites excluding steroid dienone is 1. The second-order valence-electron chi connectivity index (χ2n) is 10.1. The van der Waals surface area contributed by atoms with Crippen molar-refractivity contribution in [3.63, 3.8) is 0 Å². The lowest BCUT2D eigenvalue weighted by atomic mass is 10.0. The topological polar surface area (TPSA) is 81.9 Å². The van der Waals surface area contributed by atoms with Crippen LogP contribution in [0.1, 0.15) is 11.8 Å². The Kier molecular flexibility index (Phi) is 7.66. The molecule has 1 unspecified atom stereocenters. The van der Waals surface area contributed by atoms with Crippen molar-refractivity contribution >= 4 is 47.9 Å². The lowest BCUT2D eigenvalue weighted by Gasteiger charge is -2.34. The summed E-state index contributed by atoms with van der Waals surface area (Å²) < 4.78 is 6.21. The molecule has 0 bridgehead atoms. The van der Waals surface area contributed by atoms with E-state index in [0.29, 0.717) is 29.6 Å². The SMILES string of the molecule is CN1CCN(c2ccc(C(NC(=O)C3=NN=C4CN=C(Cl)C=C43)OCC[Si](C)(C)C)cc2)CC1. The van der Waals surface area contributed by atoms with Gasteiger partial charge in [-0.3, -0.25) is 9.79 Å². The number of amides is 1. The van der Waals surface area contributed by atoms with Gasteiger partial charge in [-0.2, -0.15) is 5.10 Å². The van der Waals surface area contributed by atoms with Gasteiger partial charge in [0.15, 0.2) is 11.9 Å². The van der Waals surface area contributed by atoms with Gasteiger partial charge >= 0.3 is 0 Å². The van der Waals surface area contributed by atoms with Crippen LogP contribution in [0.5, 0.6) is 0 Å². The van der Waals surface area contributed by atoms with Crippen LogP contribution >= 0.6 is 11.6 Å². The molecule has 1 aromatic carbocycles. The number of fused-ring (bicyclic) bond motifs is 1. The van der Waals surface area contributed by atoms with E-state index in [4.69, 9.17) is 16.3 Å². The Morgan fingerprint density at radius 2 is 1.85 bits per heavy atom. The highest BCUT2D eigenvalue weighted by Crippen LogP contribution is 2.23. The average Bonchev–Trinajstić information content (AvgIpc) is 3.21. The highest BCUT2D eigenvalue weighted by atomic mass is 35.5. The Bertz CT molecular complexity index is 1040. The number of carbonyl (C=O) groups is 1. The van der Waals surface area contributed by atoms with Crippen LogP contribution in [0.3, 0.4) is 0 Å². The monoisotopic (exact) mass is 500 g/mol. The summed E-state index contributed by atoms with van der Waals surface area (Å²) >= 11 is 6.06. The first kappa shape index (κ1) is 24.8. The summed E-state index contributed by atoms with van der Waals surface area (Å²) in [5.41, 5.74) is 3.62. The van der Waals surface area contributed by atoms with Crippen LogP contribution in [0, 0.1) is 0 Å². The molecule has 0 radical (unpaired) electrons. The molecule has 182 valence electrons. The third-order valence-electron chi connectivity index (χ3n) is 6.16. The first-order valence-corrected chi connectivity index (χ1v) is 15.8. The van der Waals surface area contributed by atoms with Crippen molar-refractivity contribution < 1.29 is 9.53 Å². The van der Waals surface area contributed by atoms with Crippen molar-refractivity contribution in [3.8, 4) is 0 Å². The van der Waals surface area contributed by atoms with Crippen LogP contribution in [0.2, 0.25) is 25.7 Å². The molecule has 1 atom stereocenters. The first-order chi connectivity index (χ1) is 16.2. The summed E-state index contributed by atoms with van der Waals surface area (Å²) in [5.74, 6) is -0.336. The largest absolute Gasteiger partial charge is 0.369 e. The minimum atomic E-state index is -1.29. The van der Waals surface area contributed by atoms with Gasteiger partial charge < -0.3 is 19.9 Å². The highest BCUT2D eigenvalue weighted by Gasteiger charge is 2.30. The van der Waals surface area contributed by atoms with E-state index >= 15 is 0 Å².